The fraction of sp³-hybridized carbons (Fsp3) is 0.167. The molecule has 26 heavy (non-hydrogen) atoms. The summed E-state index contributed by atoms with van der Waals surface area (Å²) in [5.41, 5.74) is 1.27. The first-order valence-electron chi connectivity index (χ1n) is 7.86. The number of hydrogen-bond acceptors (Lipinski definition) is 4. The molecule has 0 saturated heterocycles. The van der Waals surface area contributed by atoms with Crippen molar-refractivity contribution in [1.29, 1.82) is 0 Å². The van der Waals surface area contributed by atoms with Crippen molar-refractivity contribution in [3.63, 3.8) is 0 Å². The van der Waals surface area contributed by atoms with Gasteiger partial charge >= 0.3 is 0 Å². The van der Waals surface area contributed by atoms with Gasteiger partial charge < -0.3 is 15.0 Å². The zero-order valence-electron chi connectivity index (χ0n) is 14.1. The molecular weight excluding hydrogens is 374 g/mol. The summed E-state index contributed by atoms with van der Waals surface area (Å²) in [6.45, 7) is 2.32. The SMILES string of the molecule is CCn1c(=S)[nH]c2cc(C(=O)Nc3ccc(OC)c(Cl)c3)ccc2c1=O. The van der Waals surface area contributed by atoms with Crippen LogP contribution in [-0.4, -0.2) is 22.6 Å². The highest BCUT2D eigenvalue weighted by molar-refractivity contribution is 7.71. The minimum absolute atomic E-state index is 0.180. The maximum atomic E-state index is 12.5. The Morgan fingerprint density at radius 2 is 2.08 bits per heavy atom. The van der Waals surface area contributed by atoms with Gasteiger partial charge in [0.05, 0.1) is 23.0 Å². The largest absolute Gasteiger partial charge is 0.495 e. The molecule has 8 heteroatoms. The van der Waals surface area contributed by atoms with Crippen molar-refractivity contribution in [2.75, 3.05) is 12.4 Å². The van der Waals surface area contributed by atoms with Gasteiger partial charge in [-0.05, 0) is 55.5 Å². The molecule has 0 spiro atoms. The lowest BCUT2D eigenvalue weighted by atomic mass is 10.1. The molecule has 0 aliphatic heterocycles. The molecule has 3 aromatic rings. The molecular formula is C18H16ClN3O3S. The number of rotatable bonds is 4. The number of ether oxygens (including phenoxy) is 1. The Labute approximate surface area is 159 Å². The molecule has 3 rings (SSSR count). The van der Waals surface area contributed by atoms with Crippen LogP contribution in [0.4, 0.5) is 5.69 Å². The van der Waals surface area contributed by atoms with Crippen LogP contribution >= 0.6 is 23.8 Å². The molecule has 1 aromatic heterocycles. The summed E-state index contributed by atoms with van der Waals surface area (Å²) < 4.78 is 6.88. The van der Waals surface area contributed by atoms with Gasteiger partial charge in [0.1, 0.15) is 5.75 Å². The van der Waals surface area contributed by atoms with Crippen LogP contribution in [0.5, 0.6) is 5.75 Å². The molecule has 0 unspecified atom stereocenters. The summed E-state index contributed by atoms with van der Waals surface area (Å²) in [6, 6.07) is 9.78. The molecule has 2 aromatic carbocycles. The normalized spacial score (nSPS) is 10.7. The third-order valence-corrected chi connectivity index (χ3v) is 4.59. The second kappa shape index (κ2) is 7.31. The van der Waals surface area contributed by atoms with Crippen molar-refractivity contribution in [3.8, 4) is 5.75 Å². The zero-order valence-corrected chi connectivity index (χ0v) is 15.7. The van der Waals surface area contributed by atoms with E-state index in [0.717, 1.165) is 0 Å². The van der Waals surface area contributed by atoms with Crippen LogP contribution < -0.4 is 15.6 Å². The first-order chi connectivity index (χ1) is 12.4. The van der Waals surface area contributed by atoms with E-state index in [4.69, 9.17) is 28.6 Å². The van der Waals surface area contributed by atoms with Crippen molar-refractivity contribution in [2.24, 2.45) is 0 Å². The van der Waals surface area contributed by atoms with Crippen LogP contribution in [0.15, 0.2) is 41.2 Å². The van der Waals surface area contributed by atoms with E-state index in [1.807, 2.05) is 6.92 Å². The molecule has 0 atom stereocenters. The van der Waals surface area contributed by atoms with E-state index in [0.29, 0.717) is 44.2 Å². The highest BCUT2D eigenvalue weighted by Gasteiger charge is 2.11. The molecule has 0 radical (unpaired) electrons. The van der Waals surface area contributed by atoms with Crippen molar-refractivity contribution in [2.45, 2.75) is 13.5 Å². The van der Waals surface area contributed by atoms with E-state index in [1.165, 1.54) is 11.7 Å². The van der Waals surface area contributed by atoms with E-state index in [9.17, 15) is 9.59 Å². The van der Waals surface area contributed by atoms with E-state index in [-0.39, 0.29) is 11.5 Å². The number of halogens is 1. The second-order valence-corrected chi connectivity index (χ2v) is 6.34. The molecule has 6 nitrogen and oxygen atoms in total. The quantitative estimate of drug-likeness (QED) is 0.661. The summed E-state index contributed by atoms with van der Waals surface area (Å²) in [4.78, 5) is 27.9. The molecule has 0 saturated carbocycles. The van der Waals surface area contributed by atoms with Gasteiger partial charge in [0.15, 0.2) is 4.77 Å². The summed E-state index contributed by atoms with van der Waals surface area (Å²) >= 11 is 11.3. The zero-order chi connectivity index (χ0) is 18.8. The van der Waals surface area contributed by atoms with E-state index < -0.39 is 0 Å². The lowest BCUT2D eigenvalue weighted by Crippen LogP contribution is -2.21. The highest BCUT2D eigenvalue weighted by Crippen LogP contribution is 2.27. The van der Waals surface area contributed by atoms with Crippen LogP contribution in [0.1, 0.15) is 17.3 Å². The lowest BCUT2D eigenvalue weighted by molar-refractivity contribution is 0.102. The number of anilines is 1. The maximum absolute atomic E-state index is 12.5. The van der Waals surface area contributed by atoms with Crippen molar-refractivity contribution < 1.29 is 9.53 Å². The average molecular weight is 390 g/mol. The smallest absolute Gasteiger partial charge is 0.262 e. The fourth-order valence-corrected chi connectivity index (χ4v) is 3.21. The molecule has 2 N–H and O–H groups in total. The van der Waals surface area contributed by atoms with Gasteiger partial charge in [-0.25, -0.2) is 0 Å². The standard InChI is InChI=1S/C18H16ClN3O3S/c1-3-22-17(24)12-6-4-10(8-14(12)21-18(22)26)16(23)20-11-5-7-15(25-2)13(19)9-11/h4-9H,3H2,1-2H3,(H,20,23)(H,21,26). The molecule has 1 heterocycles. The van der Waals surface area contributed by atoms with Crippen LogP contribution in [0.25, 0.3) is 10.9 Å². The van der Waals surface area contributed by atoms with Gasteiger partial charge in [0, 0.05) is 17.8 Å². The Morgan fingerprint density at radius 3 is 2.73 bits per heavy atom. The number of nitrogens with one attached hydrogen (secondary N) is 2. The molecule has 0 fully saturated rings. The Balaban J connectivity index is 1.95. The topological polar surface area (TPSA) is 76.1 Å². The number of benzene rings is 2. The number of hydrogen-bond donors (Lipinski definition) is 2. The lowest BCUT2D eigenvalue weighted by Gasteiger charge is -2.09. The number of carbonyl (C=O) groups excluding carboxylic acids is 1. The number of aromatic amines is 1. The predicted molar refractivity (Wildman–Crippen MR) is 105 cm³/mol. The minimum atomic E-state index is -0.327. The summed E-state index contributed by atoms with van der Waals surface area (Å²) in [5, 5.41) is 3.64. The molecule has 1 amide bonds. The van der Waals surface area contributed by atoms with Gasteiger partial charge in [-0.3, -0.25) is 14.2 Å². The first kappa shape index (κ1) is 18.2. The van der Waals surface area contributed by atoms with E-state index in [2.05, 4.69) is 10.3 Å². The third-order valence-electron chi connectivity index (χ3n) is 3.97. The Hall–Kier alpha value is -2.64. The summed E-state index contributed by atoms with van der Waals surface area (Å²) in [6.07, 6.45) is 0. The number of H-pyrrole nitrogens is 1. The van der Waals surface area contributed by atoms with Crippen LogP contribution in [0.2, 0.25) is 5.02 Å². The van der Waals surface area contributed by atoms with Crippen LogP contribution in [-0.2, 0) is 6.54 Å². The van der Waals surface area contributed by atoms with E-state index in [1.54, 1.807) is 36.4 Å². The van der Waals surface area contributed by atoms with Gasteiger partial charge in [-0.2, -0.15) is 0 Å². The summed E-state index contributed by atoms with van der Waals surface area (Å²) in [5.74, 6) is 0.197. The number of carbonyl (C=O) groups is 1. The fourth-order valence-electron chi connectivity index (χ4n) is 2.63. The number of nitrogens with zero attached hydrogens (tertiary/aromatic N) is 1. The Morgan fingerprint density at radius 1 is 1.31 bits per heavy atom. The third kappa shape index (κ3) is 3.36. The molecule has 134 valence electrons. The van der Waals surface area contributed by atoms with Crippen molar-refractivity contribution >= 4 is 46.3 Å². The number of methoxy groups -OCH3 is 1. The average Bonchev–Trinajstić information content (AvgIpc) is 2.61. The van der Waals surface area contributed by atoms with Crippen molar-refractivity contribution in [3.05, 3.63) is 62.1 Å². The van der Waals surface area contributed by atoms with Gasteiger partial charge in [0.2, 0.25) is 0 Å². The van der Waals surface area contributed by atoms with E-state index >= 15 is 0 Å². The predicted octanol–water partition coefficient (Wildman–Crippen LogP) is 3.99. The molecule has 0 bridgehead atoms. The summed E-state index contributed by atoms with van der Waals surface area (Å²) in [7, 11) is 1.52. The van der Waals surface area contributed by atoms with Crippen LogP contribution in [0.3, 0.4) is 0 Å². The maximum Gasteiger partial charge on any atom is 0.262 e. The highest BCUT2D eigenvalue weighted by atomic mass is 35.5. The minimum Gasteiger partial charge on any atom is -0.495 e. The van der Waals surface area contributed by atoms with Crippen molar-refractivity contribution in [1.82, 2.24) is 9.55 Å². The first-order valence-corrected chi connectivity index (χ1v) is 8.65. The van der Waals surface area contributed by atoms with Crippen LogP contribution in [0, 0.1) is 4.77 Å². The Bertz CT molecular complexity index is 1120. The second-order valence-electron chi connectivity index (χ2n) is 5.54. The molecule has 0 aliphatic rings. The van der Waals surface area contributed by atoms with Gasteiger partial charge in [-0.1, -0.05) is 11.6 Å². The monoisotopic (exact) mass is 389 g/mol. The Kier molecular flexibility index (Phi) is 5.11. The number of fused-ring (bicyclic) bond motifs is 1. The van der Waals surface area contributed by atoms with Gasteiger partial charge in [0.25, 0.3) is 11.5 Å². The number of amides is 1. The molecule has 0 aliphatic carbocycles. The number of aromatic nitrogens is 2. The van der Waals surface area contributed by atoms with Gasteiger partial charge in [-0.15, -0.1) is 0 Å².